The third kappa shape index (κ3) is 7.07. The number of nitrogens with zero attached hydrogens (tertiary/aromatic N) is 3. The monoisotopic (exact) mass is 541 g/mol. The van der Waals surface area contributed by atoms with E-state index >= 15 is 0 Å². The zero-order valence-corrected chi connectivity index (χ0v) is 25.2. The second-order valence-electron chi connectivity index (χ2n) is 9.87. The summed E-state index contributed by atoms with van der Waals surface area (Å²) in [5.74, 6) is 0.678. The minimum atomic E-state index is 0.0939. The number of carbonyl (C=O) groups excluding carboxylic acids is 1. The summed E-state index contributed by atoms with van der Waals surface area (Å²) in [5, 5.41) is 0. The predicted octanol–water partition coefficient (Wildman–Crippen LogP) is 9.63. The van der Waals surface area contributed by atoms with Gasteiger partial charge in [-0.2, -0.15) is 0 Å². The van der Waals surface area contributed by atoms with E-state index in [9.17, 15) is 4.79 Å². The molecule has 0 N–H and O–H groups in total. The van der Waals surface area contributed by atoms with Gasteiger partial charge in [0.15, 0.2) is 0 Å². The molecule has 2 aliphatic rings. The van der Waals surface area contributed by atoms with E-state index in [2.05, 4.69) is 64.0 Å². The molecule has 1 aliphatic carbocycles. The highest BCUT2D eigenvalue weighted by atomic mass is 32.2. The van der Waals surface area contributed by atoms with E-state index < -0.39 is 0 Å². The van der Waals surface area contributed by atoms with Gasteiger partial charge >= 0.3 is 0 Å². The summed E-state index contributed by atoms with van der Waals surface area (Å²) in [6.07, 6.45) is 9.39. The smallest absolute Gasteiger partial charge is 0.259 e. The lowest BCUT2D eigenvalue weighted by molar-refractivity contribution is 0.0982. The molecule has 39 heavy (non-hydrogen) atoms. The van der Waals surface area contributed by atoms with Crippen LogP contribution in [0, 0.1) is 11.8 Å². The van der Waals surface area contributed by atoms with Crippen molar-refractivity contribution in [2.75, 3.05) is 4.90 Å². The van der Waals surface area contributed by atoms with E-state index in [1.54, 1.807) is 24.1 Å². The van der Waals surface area contributed by atoms with Gasteiger partial charge in [0.25, 0.3) is 5.91 Å². The Morgan fingerprint density at radius 1 is 1.08 bits per heavy atom. The molecular weight excluding hydrogens is 498 g/mol. The average Bonchev–Trinajstić information content (AvgIpc) is 3.81. The average molecular weight is 542 g/mol. The molecule has 2 aromatic carbocycles. The lowest BCUT2D eigenvalue weighted by Crippen LogP contribution is -2.32. The zero-order valence-electron chi connectivity index (χ0n) is 24.4. The maximum Gasteiger partial charge on any atom is 0.259 e. The molecule has 1 amide bonds. The van der Waals surface area contributed by atoms with Crippen molar-refractivity contribution in [1.82, 2.24) is 0 Å². The summed E-state index contributed by atoms with van der Waals surface area (Å²) in [6.45, 7) is 20.9. The first-order valence-electron chi connectivity index (χ1n) is 14.3. The molecule has 206 valence electrons. The number of fused-ring (bicyclic) bond motifs is 2. The van der Waals surface area contributed by atoms with Crippen LogP contribution in [0.1, 0.15) is 83.1 Å². The van der Waals surface area contributed by atoms with Crippen LogP contribution in [0.3, 0.4) is 0 Å². The van der Waals surface area contributed by atoms with Crippen molar-refractivity contribution in [2.45, 2.75) is 83.1 Å². The Kier molecular flexibility index (Phi) is 11.1. The maximum atomic E-state index is 13.5. The third-order valence-corrected chi connectivity index (χ3v) is 8.32. The molecule has 1 saturated carbocycles. The van der Waals surface area contributed by atoms with Crippen LogP contribution in [0.5, 0.6) is 0 Å². The Balaban J connectivity index is 0.00000205. The molecule has 0 bridgehead atoms. The standard InChI is InChI=1S/C32H37N3OS.C2H6/c1-7-18-33-20-27(21(4)8-2)31(22(5)9-3)34-23(6)24-14-17-28-30(19-24)37-29-13-11-10-12-26(29)32(36)35(28)25-15-16-25;1-2/h7,10-14,17-22,25H,1,6,8-9,15-16H2,2-5H3;1-2H3/b27-20+,33-18?,34-31?;. The second-order valence-corrected chi connectivity index (χ2v) is 11.0. The molecule has 1 aliphatic heterocycles. The first kappa shape index (κ1) is 30.4. The number of carbonyl (C=O) groups is 1. The number of hydrogen-bond acceptors (Lipinski definition) is 4. The van der Waals surface area contributed by atoms with Crippen LogP contribution < -0.4 is 4.90 Å². The largest absolute Gasteiger partial charge is 0.304 e. The quantitative estimate of drug-likeness (QED) is 0.281. The van der Waals surface area contributed by atoms with Gasteiger partial charge in [0.2, 0.25) is 0 Å². The van der Waals surface area contributed by atoms with Gasteiger partial charge in [-0.25, -0.2) is 0 Å². The van der Waals surface area contributed by atoms with Crippen LogP contribution in [-0.2, 0) is 0 Å². The molecule has 4 rings (SSSR count). The maximum absolute atomic E-state index is 13.5. The normalized spacial score (nSPS) is 17.0. The Morgan fingerprint density at radius 3 is 2.41 bits per heavy atom. The van der Waals surface area contributed by atoms with Crippen LogP contribution in [0.25, 0.3) is 5.70 Å². The first-order valence-corrected chi connectivity index (χ1v) is 15.1. The zero-order chi connectivity index (χ0) is 28.5. The summed E-state index contributed by atoms with van der Waals surface area (Å²) >= 11 is 1.65. The highest BCUT2D eigenvalue weighted by Crippen LogP contribution is 2.46. The van der Waals surface area contributed by atoms with Crippen molar-refractivity contribution in [3.05, 3.63) is 84.6 Å². The third-order valence-electron chi connectivity index (χ3n) is 7.20. The summed E-state index contributed by atoms with van der Waals surface area (Å²) in [7, 11) is 0. The van der Waals surface area contributed by atoms with Crippen LogP contribution in [0.15, 0.2) is 93.2 Å². The number of hydrogen-bond donors (Lipinski definition) is 0. The lowest BCUT2D eigenvalue weighted by atomic mass is 9.87. The molecule has 0 saturated heterocycles. The SMILES string of the molecule is C=CC=N/C=C(/C(=NC(=C)c1ccc2c(c1)Sc1ccccc1C(=O)N2C1CC1)C(C)CC)C(C)CC.CC. The van der Waals surface area contributed by atoms with E-state index in [1.165, 1.54) is 0 Å². The van der Waals surface area contributed by atoms with E-state index in [-0.39, 0.29) is 17.9 Å². The Labute approximate surface area is 239 Å². The van der Waals surface area contributed by atoms with Crippen molar-refractivity contribution in [1.29, 1.82) is 0 Å². The fraction of sp³-hybridized carbons (Fsp3) is 0.382. The molecule has 0 radical (unpaired) electrons. The van der Waals surface area contributed by atoms with E-state index in [1.807, 2.05) is 49.2 Å². The van der Waals surface area contributed by atoms with Crippen LogP contribution in [0.2, 0.25) is 0 Å². The Morgan fingerprint density at radius 2 is 1.77 bits per heavy atom. The molecule has 2 aromatic rings. The summed E-state index contributed by atoms with van der Waals surface area (Å²) in [6, 6.07) is 14.5. The molecule has 0 aromatic heterocycles. The Bertz CT molecular complexity index is 1290. The first-order chi connectivity index (χ1) is 18.9. The van der Waals surface area contributed by atoms with Crippen molar-refractivity contribution < 1.29 is 4.79 Å². The van der Waals surface area contributed by atoms with Gasteiger partial charge < -0.3 is 4.90 Å². The molecule has 2 unspecified atom stereocenters. The van der Waals surface area contributed by atoms with Crippen molar-refractivity contribution in [3.63, 3.8) is 0 Å². The van der Waals surface area contributed by atoms with Gasteiger partial charge in [-0.05, 0) is 67.4 Å². The van der Waals surface area contributed by atoms with Crippen molar-refractivity contribution in [2.24, 2.45) is 21.8 Å². The van der Waals surface area contributed by atoms with Gasteiger partial charge in [0, 0.05) is 39.5 Å². The number of aliphatic imine (C=N–C) groups is 2. The van der Waals surface area contributed by atoms with Crippen LogP contribution in [-0.4, -0.2) is 23.9 Å². The molecule has 5 heteroatoms. The minimum Gasteiger partial charge on any atom is -0.304 e. The molecule has 0 spiro atoms. The van der Waals surface area contributed by atoms with Gasteiger partial charge in [-0.3, -0.25) is 14.8 Å². The van der Waals surface area contributed by atoms with Crippen molar-refractivity contribution in [3.8, 4) is 0 Å². The molecule has 4 nitrogen and oxygen atoms in total. The summed E-state index contributed by atoms with van der Waals surface area (Å²) in [4.78, 5) is 27.1. The number of allylic oxidation sites excluding steroid dienone is 2. The lowest BCUT2D eigenvalue weighted by Gasteiger charge is -2.23. The number of benzene rings is 2. The fourth-order valence-corrected chi connectivity index (χ4v) is 5.58. The predicted molar refractivity (Wildman–Crippen MR) is 170 cm³/mol. The summed E-state index contributed by atoms with van der Waals surface area (Å²) in [5.41, 5.74) is 5.62. The van der Waals surface area contributed by atoms with Gasteiger partial charge in [0.1, 0.15) is 0 Å². The van der Waals surface area contributed by atoms with Crippen LogP contribution in [0.4, 0.5) is 5.69 Å². The van der Waals surface area contributed by atoms with Gasteiger partial charge in [0.05, 0.1) is 16.9 Å². The summed E-state index contributed by atoms with van der Waals surface area (Å²) < 4.78 is 0. The second kappa shape index (κ2) is 14.3. The van der Waals surface area contributed by atoms with E-state index in [4.69, 9.17) is 4.99 Å². The highest BCUT2D eigenvalue weighted by molar-refractivity contribution is 7.99. The minimum absolute atomic E-state index is 0.0939. The number of anilines is 1. The Hall–Kier alpha value is -3.18. The van der Waals surface area contributed by atoms with Crippen molar-refractivity contribution >= 4 is 41.0 Å². The molecule has 1 fully saturated rings. The number of amides is 1. The molecule has 2 atom stereocenters. The fourth-order valence-electron chi connectivity index (χ4n) is 4.47. The van der Waals surface area contributed by atoms with Crippen LogP contribution >= 0.6 is 11.8 Å². The topological polar surface area (TPSA) is 45.0 Å². The highest BCUT2D eigenvalue weighted by Gasteiger charge is 2.38. The van der Waals surface area contributed by atoms with E-state index in [0.717, 1.165) is 69.3 Å². The van der Waals surface area contributed by atoms with Gasteiger partial charge in [-0.1, -0.05) is 90.7 Å². The number of rotatable bonds is 10. The molecular formula is C34H43N3OS. The molecule has 1 heterocycles. The van der Waals surface area contributed by atoms with E-state index in [0.29, 0.717) is 5.92 Å². The van der Waals surface area contributed by atoms with Gasteiger partial charge in [-0.15, -0.1) is 0 Å².